The Balaban J connectivity index is 1.77. The first-order chi connectivity index (χ1) is 17.6. The zero-order valence-electron chi connectivity index (χ0n) is 20.9. The fourth-order valence-corrected chi connectivity index (χ4v) is 5.46. The van der Waals surface area contributed by atoms with E-state index in [1.54, 1.807) is 12.1 Å². The van der Waals surface area contributed by atoms with Gasteiger partial charge >= 0.3 is 6.09 Å². The third-order valence-corrected chi connectivity index (χ3v) is 7.80. The zero-order valence-corrected chi connectivity index (χ0v) is 22.4. The molecule has 1 aliphatic rings. The Kier molecular flexibility index (Phi) is 10.0. The van der Waals surface area contributed by atoms with Gasteiger partial charge in [0.05, 0.1) is 11.9 Å². The maximum atomic E-state index is 13.6. The van der Waals surface area contributed by atoms with Crippen LogP contribution < -0.4 is 10.6 Å². The highest BCUT2D eigenvalue weighted by Crippen LogP contribution is 2.40. The summed E-state index contributed by atoms with van der Waals surface area (Å²) in [6, 6.07) is 14.5. The van der Waals surface area contributed by atoms with Gasteiger partial charge in [-0.15, -0.1) is 11.8 Å². The lowest BCUT2D eigenvalue weighted by Crippen LogP contribution is -2.58. The Bertz CT molecular complexity index is 1110. The number of thioether (sulfide) groups is 1. The molecule has 1 saturated heterocycles. The van der Waals surface area contributed by atoms with Gasteiger partial charge in [0.1, 0.15) is 12.6 Å². The van der Waals surface area contributed by atoms with E-state index in [0.717, 1.165) is 11.1 Å². The molecule has 0 aliphatic carbocycles. The summed E-state index contributed by atoms with van der Waals surface area (Å²) in [5, 5.41) is 17.1. The lowest BCUT2D eigenvalue weighted by atomic mass is 9.97. The standard InChI is InChI=1S/C27H32ClN3O5S/c1-4-14-36-26(35)30-21(15-18-10-6-5-7-11-18)22(32)25(34)31-17-37-27(2,3)23(31)24(33)29-16-19-12-8-9-13-20(19)28/h4-13,21-23,32H,1,14-17H2,2-3H3,(H,29,33)(H,30,35)/t21-,22-,23+/m0/s1. The zero-order chi connectivity index (χ0) is 27.0. The molecule has 2 aromatic rings. The fraction of sp³-hybridized carbons (Fsp3) is 0.370. The van der Waals surface area contributed by atoms with Gasteiger partial charge in [-0.25, -0.2) is 4.79 Å². The summed E-state index contributed by atoms with van der Waals surface area (Å²) in [6.45, 7) is 7.45. The van der Waals surface area contributed by atoms with E-state index in [9.17, 15) is 19.5 Å². The van der Waals surface area contributed by atoms with Gasteiger partial charge in [0.15, 0.2) is 6.10 Å². The van der Waals surface area contributed by atoms with Crippen molar-refractivity contribution in [3.8, 4) is 0 Å². The van der Waals surface area contributed by atoms with E-state index in [-0.39, 0.29) is 31.4 Å². The molecular weight excluding hydrogens is 514 g/mol. The topological polar surface area (TPSA) is 108 Å². The molecule has 3 rings (SSSR count). The number of hydrogen-bond donors (Lipinski definition) is 3. The Morgan fingerprint density at radius 1 is 1.22 bits per heavy atom. The molecule has 198 valence electrons. The highest BCUT2D eigenvalue weighted by molar-refractivity contribution is 8.00. The Hall–Kier alpha value is -3.01. The molecule has 0 bridgehead atoms. The molecule has 0 saturated carbocycles. The predicted molar refractivity (Wildman–Crippen MR) is 145 cm³/mol. The van der Waals surface area contributed by atoms with E-state index in [4.69, 9.17) is 16.3 Å². The monoisotopic (exact) mass is 545 g/mol. The van der Waals surface area contributed by atoms with E-state index in [1.807, 2.05) is 56.3 Å². The Morgan fingerprint density at radius 3 is 2.57 bits per heavy atom. The fourth-order valence-electron chi connectivity index (χ4n) is 4.11. The summed E-state index contributed by atoms with van der Waals surface area (Å²) < 4.78 is 4.40. The van der Waals surface area contributed by atoms with Crippen molar-refractivity contribution in [1.82, 2.24) is 15.5 Å². The number of nitrogens with zero attached hydrogens (tertiary/aromatic N) is 1. The van der Waals surface area contributed by atoms with Crippen LogP contribution in [0.15, 0.2) is 67.3 Å². The number of carbonyl (C=O) groups excluding carboxylic acids is 3. The van der Waals surface area contributed by atoms with Crippen LogP contribution in [-0.2, 0) is 27.3 Å². The number of alkyl carbamates (subject to hydrolysis) is 1. The Morgan fingerprint density at radius 2 is 1.89 bits per heavy atom. The molecule has 1 heterocycles. The minimum atomic E-state index is -1.61. The van der Waals surface area contributed by atoms with Crippen LogP contribution in [-0.4, -0.2) is 63.3 Å². The summed E-state index contributed by atoms with van der Waals surface area (Å²) in [5.41, 5.74) is 1.57. The molecule has 10 heteroatoms. The van der Waals surface area contributed by atoms with Crippen LogP contribution in [0.5, 0.6) is 0 Å². The van der Waals surface area contributed by atoms with Crippen LogP contribution >= 0.6 is 23.4 Å². The van der Waals surface area contributed by atoms with Gasteiger partial charge in [0.2, 0.25) is 5.91 Å². The lowest BCUT2D eigenvalue weighted by molar-refractivity contribution is -0.147. The van der Waals surface area contributed by atoms with Gasteiger partial charge < -0.3 is 25.4 Å². The molecule has 3 amide bonds. The summed E-state index contributed by atoms with van der Waals surface area (Å²) in [5.74, 6) is -0.791. The highest BCUT2D eigenvalue weighted by atomic mass is 35.5. The van der Waals surface area contributed by atoms with Gasteiger partial charge in [-0.3, -0.25) is 9.59 Å². The van der Waals surface area contributed by atoms with E-state index >= 15 is 0 Å². The first-order valence-corrected chi connectivity index (χ1v) is 13.2. The number of ether oxygens (including phenoxy) is 1. The van der Waals surface area contributed by atoms with Gasteiger partial charge in [-0.05, 0) is 37.5 Å². The molecule has 1 aliphatic heterocycles. The van der Waals surface area contributed by atoms with Gasteiger partial charge in [0, 0.05) is 16.3 Å². The van der Waals surface area contributed by atoms with Crippen molar-refractivity contribution in [2.75, 3.05) is 12.5 Å². The van der Waals surface area contributed by atoms with E-state index < -0.39 is 34.9 Å². The molecule has 8 nitrogen and oxygen atoms in total. The van der Waals surface area contributed by atoms with Crippen molar-refractivity contribution in [2.45, 2.75) is 49.7 Å². The molecule has 2 aromatic carbocycles. The third kappa shape index (κ3) is 7.50. The quantitative estimate of drug-likeness (QED) is 0.394. The van der Waals surface area contributed by atoms with Gasteiger partial charge in [-0.1, -0.05) is 72.8 Å². The van der Waals surface area contributed by atoms with E-state index in [1.165, 1.54) is 22.7 Å². The molecular formula is C27H32ClN3O5S. The van der Waals surface area contributed by atoms with Gasteiger partial charge in [-0.2, -0.15) is 0 Å². The van der Waals surface area contributed by atoms with Crippen LogP contribution in [0.25, 0.3) is 0 Å². The van der Waals surface area contributed by atoms with Crippen molar-refractivity contribution in [3.63, 3.8) is 0 Å². The van der Waals surface area contributed by atoms with Crippen LogP contribution in [0.2, 0.25) is 5.02 Å². The summed E-state index contributed by atoms with van der Waals surface area (Å²) in [6.07, 6.45) is -0.782. The van der Waals surface area contributed by atoms with Crippen LogP contribution in [0.4, 0.5) is 4.79 Å². The average Bonchev–Trinajstić information content (AvgIpc) is 3.21. The van der Waals surface area contributed by atoms with Gasteiger partial charge in [0.25, 0.3) is 5.91 Å². The minimum absolute atomic E-state index is 0.0153. The maximum absolute atomic E-state index is 13.6. The molecule has 3 atom stereocenters. The smallest absolute Gasteiger partial charge is 0.407 e. The highest BCUT2D eigenvalue weighted by Gasteiger charge is 2.49. The summed E-state index contributed by atoms with van der Waals surface area (Å²) in [4.78, 5) is 40.5. The number of carbonyl (C=O) groups is 3. The van der Waals surface area contributed by atoms with E-state index in [0.29, 0.717) is 5.02 Å². The number of rotatable bonds is 10. The number of benzene rings is 2. The lowest BCUT2D eigenvalue weighted by Gasteiger charge is -2.33. The third-order valence-electron chi connectivity index (χ3n) is 6.06. The molecule has 0 radical (unpaired) electrons. The van der Waals surface area contributed by atoms with Crippen LogP contribution in [0.3, 0.4) is 0 Å². The largest absolute Gasteiger partial charge is 0.445 e. The second-order valence-electron chi connectivity index (χ2n) is 9.17. The maximum Gasteiger partial charge on any atom is 0.407 e. The number of amides is 3. The van der Waals surface area contributed by atoms with Crippen LogP contribution in [0, 0.1) is 0 Å². The van der Waals surface area contributed by atoms with E-state index in [2.05, 4.69) is 17.2 Å². The number of nitrogens with one attached hydrogen (secondary N) is 2. The van der Waals surface area contributed by atoms with Crippen LogP contribution in [0.1, 0.15) is 25.0 Å². The average molecular weight is 546 g/mol. The van der Waals surface area contributed by atoms with Crippen molar-refractivity contribution in [3.05, 3.63) is 83.4 Å². The summed E-state index contributed by atoms with van der Waals surface area (Å²) >= 11 is 7.65. The van der Waals surface area contributed by atoms with Crippen molar-refractivity contribution >= 4 is 41.3 Å². The number of aliphatic hydroxyl groups is 1. The number of hydrogen-bond acceptors (Lipinski definition) is 6. The summed E-state index contributed by atoms with van der Waals surface area (Å²) in [7, 11) is 0. The number of halogens is 1. The first-order valence-electron chi connectivity index (χ1n) is 11.9. The van der Waals surface area contributed by atoms with Crippen molar-refractivity contribution in [2.24, 2.45) is 0 Å². The molecule has 1 fully saturated rings. The molecule has 0 unspecified atom stereocenters. The normalized spacial score (nSPS) is 17.9. The number of aliphatic hydroxyl groups excluding tert-OH is 1. The van der Waals surface area contributed by atoms with Crippen molar-refractivity contribution < 1.29 is 24.2 Å². The first kappa shape index (κ1) is 28.6. The molecule has 3 N–H and O–H groups in total. The Labute approximate surface area is 226 Å². The predicted octanol–water partition coefficient (Wildman–Crippen LogP) is 3.52. The second-order valence-corrected chi connectivity index (χ2v) is 11.2. The SMILES string of the molecule is C=CCOC(=O)N[C@@H](Cc1ccccc1)[C@H](O)C(=O)N1CSC(C)(C)[C@H]1C(=O)NCc1ccccc1Cl. The minimum Gasteiger partial charge on any atom is -0.445 e. The second kappa shape index (κ2) is 13.0. The molecule has 0 aromatic heterocycles. The molecule has 0 spiro atoms. The van der Waals surface area contributed by atoms with Crippen molar-refractivity contribution in [1.29, 1.82) is 0 Å². The molecule has 37 heavy (non-hydrogen) atoms.